The average molecular weight is 580 g/mol. The third-order valence-corrected chi connectivity index (χ3v) is 12.8. The number of rotatable bonds is 5. The minimum atomic E-state index is -4.40. The largest absolute Gasteiger partial charge is 0.416 e. The van der Waals surface area contributed by atoms with Gasteiger partial charge in [-0.1, -0.05) is 79.4 Å². The molecule has 3 aromatic rings. The van der Waals surface area contributed by atoms with Gasteiger partial charge >= 0.3 is 6.18 Å². The SMILES string of the molecule is Cc1ccc(S(=O)(=O)N2CC3C(c4ccc(C(F)(F)F)cc4)C4(c5ccccc5)CC3(C4)C2C2CCCCC2)cc1. The van der Waals surface area contributed by atoms with Crippen LogP contribution >= 0.6 is 0 Å². The van der Waals surface area contributed by atoms with Gasteiger partial charge < -0.3 is 0 Å². The van der Waals surface area contributed by atoms with Gasteiger partial charge in [0.25, 0.3) is 0 Å². The van der Waals surface area contributed by atoms with E-state index in [1.807, 2.05) is 41.6 Å². The fourth-order valence-electron chi connectivity index (χ4n) is 9.46. The van der Waals surface area contributed by atoms with E-state index in [9.17, 15) is 21.6 Å². The molecule has 5 aliphatic rings. The van der Waals surface area contributed by atoms with Crippen molar-refractivity contribution in [3.8, 4) is 0 Å². The molecule has 0 radical (unpaired) electrons. The maximum Gasteiger partial charge on any atom is 0.416 e. The molecule has 3 nitrogen and oxygen atoms in total. The molecule has 1 aliphatic heterocycles. The number of nitrogens with zero attached hydrogens (tertiary/aromatic N) is 1. The standard InChI is InChI=1S/C34H36F3NO2S/c1-23-12-18-28(19-13-23)41(39,40)38-20-29-30(24-14-16-27(17-15-24)34(35,36)37)32(26-10-6-3-7-11-26)21-33(29,22-32)31(38)25-8-4-2-5-9-25/h3,6-7,10-19,25,29-31H,2,4-5,8-9,20-22H2,1H3. The van der Waals surface area contributed by atoms with Crippen LogP contribution in [0.2, 0.25) is 0 Å². The molecule has 8 rings (SSSR count). The van der Waals surface area contributed by atoms with Crippen LogP contribution in [0.3, 0.4) is 0 Å². The minimum absolute atomic E-state index is 0.0449. The first-order valence-electron chi connectivity index (χ1n) is 14.9. The average Bonchev–Trinajstić information content (AvgIpc) is 3.53. The monoisotopic (exact) mass is 579 g/mol. The van der Waals surface area contributed by atoms with Gasteiger partial charge in [-0.3, -0.25) is 0 Å². The molecule has 2 bridgehead atoms. The summed E-state index contributed by atoms with van der Waals surface area (Å²) in [6, 6.07) is 23.1. The molecule has 1 spiro atoms. The Kier molecular flexibility index (Phi) is 6.26. The number of hydrogen-bond donors (Lipinski definition) is 0. The summed E-state index contributed by atoms with van der Waals surface area (Å²) in [6.07, 6.45) is 2.84. The van der Waals surface area contributed by atoms with E-state index in [1.165, 1.54) is 24.1 Å². The van der Waals surface area contributed by atoms with Gasteiger partial charge in [-0.25, -0.2) is 8.42 Å². The van der Waals surface area contributed by atoms with Crippen molar-refractivity contribution in [1.82, 2.24) is 4.31 Å². The third-order valence-electron chi connectivity index (χ3n) is 11.0. The lowest BCUT2D eigenvalue weighted by Crippen LogP contribution is -2.55. The maximum atomic E-state index is 14.3. The van der Waals surface area contributed by atoms with E-state index in [0.717, 1.165) is 49.7 Å². The summed E-state index contributed by atoms with van der Waals surface area (Å²) < 4.78 is 71.0. The topological polar surface area (TPSA) is 37.4 Å². The predicted octanol–water partition coefficient (Wildman–Crippen LogP) is 8.10. The molecule has 41 heavy (non-hydrogen) atoms. The van der Waals surface area contributed by atoms with Crippen molar-refractivity contribution in [1.29, 1.82) is 0 Å². The molecule has 3 unspecified atom stereocenters. The fourth-order valence-corrected chi connectivity index (χ4v) is 11.3. The molecule has 3 atom stereocenters. The minimum Gasteiger partial charge on any atom is -0.207 e. The predicted molar refractivity (Wildman–Crippen MR) is 153 cm³/mol. The Morgan fingerprint density at radius 3 is 2.07 bits per heavy atom. The Morgan fingerprint density at radius 1 is 0.829 bits per heavy atom. The Bertz CT molecular complexity index is 1520. The molecular formula is C34H36F3NO2S. The molecule has 4 aliphatic carbocycles. The fraction of sp³-hybridized carbons (Fsp3) is 0.471. The lowest BCUT2D eigenvalue weighted by atomic mass is 9.51. The van der Waals surface area contributed by atoms with E-state index in [1.54, 1.807) is 24.3 Å². The summed E-state index contributed by atoms with van der Waals surface area (Å²) >= 11 is 0. The second-order valence-corrected chi connectivity index (χ2v) is 14.9. The molecule has 1 heterocycles. The molecule has 5 fully saturated rings. The molecule has 0 N–H and O–H groups in total. The molecule has 0 amide bonds. The van der Waals surface area contributed by atoms with Crippen LogP contribution in [0, 0.1) is 24.2 Å². The maximum absolute atomic E-state index is 14.3. The van der Waals surface area contributed by atoms with E-state index >= 15 is 0 Å². The zero-order chi connectivity index (χ0) is 28.6. The first-order valence-corrected chi connectivity index (χ1v) is 16.3. The molecule has 0 aromatic heterocycles. The molecule has 216 valence electrons. The highest BCUT2D eigenvalue weighted by Gasteiger charge is 2.78. The van der Waals surface area contributed by atoms with Gasteiger partial charge in [0, 0.05) is 18.0 Å². The van der Waals surface area contributed by atoms with Crippen molar-refractivity contribution in [2.45, 2.75) is 80.3 Å². The number of alkyl halides is 3. The van der Waals surface area contributed by atoms with E-state index in [2.05, 4.69) is 12.1 Å². The van der Waals surface area contributed by atoms with Crippen molar-refractivity contribution in [3.63, 3.8) is 0 Å². The summed E-state index contributed by atoms with van der Waals surface area (Å²) in [5.41, 5.74) is 2.11. The van der Waals surface area contributed by atoms with Crippen LogP contribution in [0.25, 0.3) is 0 Å². The Hall–Kier alpha value is -2.64. The highest BCUT2D eigenvalue weighted by molar-refractivity contribution is 7.89. The van der Waals surface area contributed by atoms with Crippen LogP contribution in [-0.2, 0) is 21.6 Å². The van der Waals surface area contributed by atoms with Gasteiger partial charge in [0.05, 0.1) is 10.5 Å². The van der Waals surface area contributed by atoms with Gasteiger partial charge in [0.15, 0.2) is 0 Å². The van der Waals surface area contributed by atoms with Gasteiger partial charge in [0.1, 0.15) is 0 Å². The van der Waals surface area contributed by atoms with Gasteiger partial charge in [-0.05, 0) is 91.2 Å². The second kappa shape index (κ2) is 9.43. The van der Waals surface area contributed by atoms with Crippen LogP contribution in [0.1, 0.15) is 73.1 Å². The molecule has 3 aromatic carbocycles. The zero-order valence-electron chi connectivity index (χ0n) is 23.3. The number of hydrogen-bond acceptors (Lipinski definition) is 2. The lowest BCUT2D eigenvalue weighted by Gasteiger charge is -2.55. The first-order chi connectivity index (χ1) is 19.6. The summed E-state index contributed by atoms with van der Waals surface area (Å²) in [7, 11) is -3.74. The van der Waals surface area contributed by atoms with Gasteiger partial charge in [0.2, 0.25) is 10.0 Å². The summed E-state index contributed by atoms with van der Waals surface area (Å²) in [5.74, 6) is 0.303. The quantitative estimate of drug-likeness (QED) is 0.306. The normalized spacial score (nSPS) is 32.0. The molecular weight excluding hydrogens is 543 g/mol. The van der Waals surface area contributed by atoms with Gasteiger partial charge in [-0.2, -0.15) is 17.5 Å². The summed E-state index contributed by atoms with van der Waals surface area (Å²) in [5, 5.41) is 0. The van der Waals surface area contributed by atoms with Crippen LogP contribution < -0.4 is 0 Å². The Balaban J connectivity index is 1.35. The lowest BCUT2D eigenvalue weighted by molar-refractivity contribution is -0.137. The van der Waals surface area contributed by atoms with Crippen molar-refractivity contribution in [2.24, 2.45) is 17.3 Å². The number of benzene rings is 3. The van der Waals surface area contributed by atoms with E-state index in [-0.39, 0.29) is 28.7 Å². The molecule has 7 heteroatoms. The smallest absolute Gasteiger partial charge is 0.207 e. The second-order valence-electron chi connectivity index (χ2n) is 13.0. The van der Waals surface area contributed by atoms with Crippen molar-refractivity contribution >= 4 is 10.0 Å². The number of aryl methyl sites for hydroxylation is 1. The summed E-state index contributed by atoms with van der Waals surface area (Å²) in [6.45, 7) is 2.37. The van der Waals surface area contributed by atoms with E-state index in [4.69, 9.17) is 0 Å². The highest BCUT2D eigenvalue weighted by Crippen LogP contribution is 2.80. The summed E-state index contributed by atoms with van der Waals surface area (Å²) in [4.78, 5) is 0.333. The van der Waals surface area contributed by atoms with E-state index in [0.29, 0.717) is 17.4 Å². The van der Waals surface area contributed by atoms with Crippen LogP contribution in [0.4, 0.5) is 13.2 Å². The van der Waals surface area contributed by atoms with E-state index < -0.39 is 21.8 Å². The Labute approximate surface area is 240 Å². The molecule has 4 saturated carbocycles. The zero-order valence-corrected chi connectivity index (χ0v) is 24.1. The van der Waals surface area contributed by atoms with Gasteiger partial charge in [-0.15, -0.1) is 0 Å². The first kappa shape index (κ1) is 27.2. The van der Waals surface area contributed by atoms with Crippen LogP contribution in [0.5, 0.6) is 0 Å². The number of sulfonamides is 1. The molecule has 1 saturated heterocycles. The van der Waals surface area contributed by atoms with Crippen molar-refractivity contribution in [2.75, 3.05) is 6.54 Å². The number of halogens is 3. The van der Waals surface area contributed by atoms with Crippen LogP contribution in [0.15, 0.2) is 83.8 Å². The Morgan fingerprint density at radius 2 is 1.46 bits per heavy atom. The van der Waals surface area contributed by atoms with Crippen LogP contribution in [-0.4, -0.2) is 25.3 Å². The van der Waals surface area contributed by atoms with Crippen molar-refractivity contribution in [3.05, 3.63) is 101 Å². The third kappa shape index (κ3) is 4.05. The van der Waals surface area contributed by atoms with Crippen molar-refractivity contribution < 1.29 is 21.6 Å². The highest BCUT2D eigenvalue weighted by atomic mass is 32.2.